The molecule has 0 spiro atoms. The Morgan fingerprint density at radius 3 is 2.90 bits per heavy atom. The number of anilines is 3. The maximum atomic E-state index is 14.0. The zero-order valence-corrected chi connectivity index (χ0v) is 16.3. The molecule has 4 rings (SSSR count). The van der Waals surface area contributed by atoms with Crippen molar-refractivity contribution in [3.8, 4) is 11.3 Å². The summed E-state index contributed by atoms with van der Waals surface area (Å²) in [5, 5.41) is 2.86. The molecular weight excluding hydrogens is 385 g/mol. The average molecular weight is 407 g/mol. The number of amides is 1. The number of carbonyl (C=O) groups excluding carboxylic acids is 1. The molecule has 3 aromatic rings. The van der Waals surface area contributed by atoms with Crippen molar-refractivity contribution in [2.45, 2.75) is 18.9 Å². The van der Waals surface area contributed by atoms with Crippen LogP contribution in [0.15, 0.2) is 48.9 Å². The van der Waals surface area contributed by atoms with Crippen LogP contribution < -0.4 is 21.7 Å². The SMILES string of the molecule is Nc1ccc(-c2cccnc2F)nc1C(=O)Nc1ccncc1N1CCCC(N)C1. The van der Waals surface area contributed by atoms with E-state index in [4.69, 9.17) is 11.5 Å². The summed E-state index contributed by atoms with van der Waals surface area (Å²) in [4.78, 5) is 27.2. The van der Waals surface area contributed by atoms with Crippen LogP contribution in [0.4, 0.5) is 21.5 Å². The second-order valence-electron chi connectivity index (χ2n) is 7.17. The number of hydrogen-bond donors (Lipinski definition) is 3. The Morgan fingerprint density at radius 1 is 1.23 bits per heavy atom. The molecule has 30 heavy (non-hydrogen) atoms. The van der Waals surface area contributed by atoms with Crippen molar-refractivity contribution in [2.24, 2.45) is 5.73 Å². The Balaban J connectivity index is 1.62. The summed E-state index contributed by atoms with van der Waals surface area (Å²) in [6, 6.07) is 8.02. The zero-order chi connectivity index (χ0) is 21.1. The number of nitrogen functional groups attached to an aromatic ring is 1. The third kappa shape index (κ3) is 4.06. The summed E-state index contributed by atoms with van der Waals surface area (Å²) < 4.78 is 14.0. The van der Waals surface area contributed by atoms with Crippen molar-refractivity contribution in [3.05, 3.63) is 60.6 Å². The lowest BCUT2D eigenvalue weighted by Crippen LogP contribution is -2.43. The van der Waals surface area contributed by atoms with Crippen molar-refractivity contribution in [1.82, 2.24) is 15.0 Å². The van der Waals surface area contributed by atoms with E-state index in [2.05, 4.69) is 25.2 Å². The Hall–Kier alpha value is -3.59. The molecule has 1 unspecified atom stereocenters. The van der Waals surface area contributed by atoms with E-state index >= 15 is 0 Å². The van der Waals surface area contributed by atoms with Gasteiger partial charge in [-0.1, -0.05) is 0 Å². The smallest absolute Gasteiger partial charge is 0.276 e. The summed E-state index contributed by atoms with van der Waals surface area (Å²) in [6.45, 7) is 1.52. The number of piperidine rings is 1. The topological polar surface area (TPSA) is 123 Å². The standard InChI is InChI=1S/C21H22FN7O/c22-20-14(4-1-8-26-20)16-6-5-15(24)19(27-16)21(30)28-17-7-9-25-11-18(17)29-10-2-3-13(23)12-29/h1,4-9,11,13H,2-3,10,12,23-24H2,(H,25,28,30). The summed E-state index contributed by atoms with van der Waals surface area (Å²) >= 11 is 0. The number of rotatable bonds is 4. The molecule has 1 amide bonds. The minimum absolute atomic E-state index is 0.00820. The molecule has 4 heterocycles. The van der Waals surface area contributed by atoms with Gasteiger partial charge in [-0.2, -0.15) is 4.39 Å². The molecule has 0 aliphatic carbocycles. The van der Waals surface area contributed by atoms with Crippen molar-refractivity contribution in [2.75, 3.05) is 29.0 Å². The number of nitrogens with one attached hydrogen (secondary N) is 1. The van der Waals surface area contributed by atoms with Crippen molar-refractivity contribution < 1.29 is 9.18 Å². The number of carbonyl (C=O) groups is 1. The van der Waals surface area contributed by atoms with Crippen LogP contribution >= 0.6 is 0 Å². The molecule has 0 radical (unpaired) electrons. The van der Waals surface area contributed by atoms with Gasteiger partial charge in [0.1, 0.15) is 0 Å². The fourth-order valence-corrected chi connectivity index (χ4v) is 3.53. The van der Waals surface area contributed by atoms with Crippen molar-refractivity contribution in [3.63, 3.8) is 0 Å². The predicted octanol–water partition coefficient (Wildman–Crippen LogP) is 2.44. The van der Waals surface area contributed by atoms with Gasteiger partial charge < -0.3 is 21.7 Å². The lowest BCUT2D eigenvalue weighted by Gasteiger charge is -2.33. The normalized spacial score (nSPS) is 16.3. The number of nitrogens with two attached hydrogens (primary N) is 2. The van der Waals surface area contributed by atoms with E-state index in [1.165, 1.54) is 12.3 Å². The van der Waals surface area contributed by atoms with Crippen LogP contribution in [0, 0.1) is 5.95 Å². The van der Waals surface area contributed by atoms with Gasteiger partial charge in [-0.3, -0.25) is 9.78 Å². The third-order valence-electron chi connectivity index (χ3n) is 5.02. The van der Waals surface area contributed by atoms with Crippen molar-refractivity contribution >= 4 is 23.0 Å². The molecule has 1 aliphatic rings. The van der Waals surface area contributed by atoms with E-state index in [1.54, 1.807) is 36.7 Å². The molecule has 0 aromatic carbocycles. The average Bonchev–Trinajstić information content (AvgIpc) is 2.75. The predicted molar refractivity (Wildman–Crippen MR) is 113 cm³/mol. The van der Waals surface area contributed by atoms with Gasteiger partial charge in [0.15, 0.2) is 5.69 Å². The monoisotopic (exact) mass is 407 g/mol. The summed E-state index contributed by atoms with van der Waals surface area (Å²) in [6.07, 6.45) is 6.58. The summed E-state index contributed by atoms with van der Waals surface area (Å²) in [7, 11) is 0. The molecule has 1 aliphatic heterocycles. The first-order valence-electron chi connectivity index (χ1n) is 9.66. The van der Waals surface area contributed by atoms with Gasteiger partial charge in [-0.05, 0) is 43.2 Å². The minimum Gasteiger partial charge on any atom is -0.397 e. The highest BCUT2D eigenvalue weighted by Crippen LogP contribution is 2.28. The van der Waals surface area contributed by atoms with Gasteiger partial charge in [0.05, 0.1) is 34.5 Å². The number of nitrogens with zero attached hydrogens (tertiary/aromatic N) is 4. The molecule has 1 saturated heterocycles. The number of aromatic nitrogens is 3. The number of pyridine rings is 3. The van der Waals surface area contributed by atoms with Gasteiger partial charge in [0, 0.05) is 31.5 Å². The van der Waals surface area contributed by atoms with Crippen LogP contribution in [0.25, 0.3) is 11.3 Å². The van der Waals surface area contributed by atoms with Crippen LogP contribution in [0.5, 0.6) is 0 Å². The molecule has 8 nitrogen and oxygen atoms in total. The molecule has 1 atom stereocenters. The van der Waals surface area contributed by atoms with Crippen LogP contribution in [0.3, 0.4) is 0 Å². The summed E-state index contributed by atoms with van der Waals surface area (Å²) in [5.41, 5.74) is 14.1. The molecule has 0 bridgehead atoms. The first-order valence-corrected chi connectivity index (χ1v) is 9.66. The van der Waals surface area contributed by atoms with Crippen LogP contribution in [0.1, 0.15) is 23.3 Å². The lowest BCUT2D eigenvalue weighted by atomic mass is 10.1. The lowest BCUT2D eigenvalue weighted by molar-refractivity contribution is 0.102. The number of hydrogen-bond acceptors (Lipinski definition) is 7. The molecule has 5 N–H and O–H groups in total. The Bertz CT molecular complexity index is 1070. The summed E-state index contributed by atoms with van der Waals surface area (Å²) in [5.74, 6) is -1.16. The Morgan fingerprint density at radius 2 is 2.10 bits per heavy atom. The van der Waals surface area contributed by atoms with E-state index in [0.29, 0.717) is 12.2 Å². The maximum Gasteiger partial charge on any atom is 0.276 e. The highest BCUT2D eigenvalue weighted by molar-refractivity contribution is 6.08. The molecule has 9 heteroatoms. The third-order valence-corrected chi connectivity index (χ3v) is 5.02. The first kappa shape index (κ1) is 19.7. The van der Waals surface area contributed by atoms with Crippen LogP contribution in [0.2, 0.25) is 0 Å². The zero-order valence-electron chi connectivity index (χ0n) is 16.3. The highest BCUT2D eigenvalue weighted by Gasteiger charge is 2.22. The van der Waals surface area contributed by atoms with Gasteiger partial charge in [0.2, 0.25) is 5.95 Å². The molecular formula is C21H22FN7O. The quantitative estimate of drug-likeness (QED) is 0.568. The fraction of sp³-hybridized carbons (Fsp3) is 0.238. The van der Waals surface area contributed by atoms with E-state index in [1.807, 2.05) is 0 Å². The highest BCUT2D eigenvalue weighted by atomic mass is 19.1. The van der Waals surface area contributed by atoms with E-state index in [-0.39, 0.29) is 28.7 Å². The minimum atomic E-state index is -0.668. The van der Waals surface area contributed by atoms with Gasteiger partial charge in [-0.25, -0.2) is 9.97 Å². The first-order chi connectivity index (χ1) is 14.5. The van der Waals surface area contributed by atoms with Crippen LogP contribution in [-0.2, 0) is 0 Å². The Labute approximate surface area is 173 Å². The van der Waals surface area contributed by atoms with Gasteiger partial charge in [-0.15, -0.1) is 0 Å². The number of halogens is 1. The van der Waals surface area contributed by atoms with E-state index in [9.17, 15) is 9.18 Å². The second kappa shape index (κ2) is 8.42. The van der Waals surface area contributed by atoms with E-state index in [0.717, 1.165) is 25.1 Å². The molecule has 0 saturated carbocycles. The second-order valence-corrected chi connectivity index (χ2v) is 7.17. The Kier molecular flexibility index (Phi) is 5.53. The largest absolute Gasteiger partial charge is 0.397 e. The van der Waals surface area contributed by atoms with Gasteiger partial charge in [0.25, 0.3) is 5.91 Å². The fourth-order valence-electron chi connectivity index (χ4n) is 3.53. The van der Waals surface area contributed by atoms with Gasteiger partial charge >= 0.3 is 0 Å². The van der Waals surface area contributed by atoms with Crippen LogP contribution in [-0.4, -0.2) is 40.0 Å². The molecule has 154 valence electrons. The van der Waals surface area contributed by atoms with Crippen molar-refractivity contribution in [1.29, 1.82) is 0 Å². The molecule has 1 fully saturated rings. The maximum absolute atomic E-state index is 14.0. The van der Waals surface area contributed by atoms with E-state index < -0.39 is 11.9 Å². The molecule has 3 aromatic heterocycles.